The molecule has 1 aliphatic rings. The van der Waals surface area contributed by atoms with E-state index < -0.39 is 0 Å². The molecular weight excluding hydrogens is 192 g/mol. The summed E-state index contributed by atoms with van der Waals surface area (Å²) in [5, 5.41) is 0. The van der Waals surface area contributed by atoms with Gasteiger partial charge in [-0.2, -0.15) is 0 Å². The minimum atomic E-state index is 0.476. The van der Waals surface area contributed by atoms with E-state index >= 15 is 0 Å². The predicted octanol–water partition coefficient (Wildman–Crippen LogP) is 2.32. The van der Waals surface area contributed by atoms with Crippen molar-refractivity contribution in [2.24, 2.45) is 5.92 Å². The third-order valence-corrected chi connectivity index (χ3v) is 2.83. The van der Waals surface area contributed by atoms with Gasteiger partial charge >= 0.3 is 0 Å². The molecule has 1 saturated carbocycles. The second-order valence-corrected chi connectivity index (χ2v) is 4.08. The molecule has 0 radical (unpaired) electrons. The minimum absolute atomic E-state index is 0.476. The van der Waals surface area contributed by atoms with E-state index in [1.54, 1.807) is 12.4 Å². The lowest BCUT2D eigenvalue weighted by molar-refractivity contribution is 0.455. The lowest BCUT2D eigenvalue weighted by Crippen LogP contribution is -1.88. The smallest absolute Gasteiger partial charge is 0.197 e. The standard InChI is InChI=1S/C11H12N2O2/c1-7-4-13-11(15-7)10-3-8(10)2-9-5-12-6-14-9/h4-6,8,10H,2-3H2,1H3. The predicted molar refractivity (Wildman–Crippen MR) is 52.3 cm³/mol. The van der Waals surface area contributed by atoms with Crippen LogP contribution in [0, 0.1) is 12.8 Å². The molecule has 15 heavy (non-hydrogen) atoms. The third-order valence-electron chi connectivity index (χ3n) is 2.83. The molecule has 0 bridgehead atoms. The van der Waals surface area contributed by atoms with Crippen LogP contribution in [-0.4, -0.2) is 9.97 Å². The molecule has 2 atom stereocenters. The van der Waals surface area contributed by atoms with Gasteiger partial charge in [0, 0.05) is 12.3 Å². The van der Waals surface area contributed by atoms with E-state index in [1.165, 1.54) is 6.39 Å². The van der Waals surface area contributed by atoms with Gasteiger partial charge in [0.05, 0.1) is 12.4 Å². The van der Waals surface area contributed by atoms with Crippen molar-refractivity contribution in [3.63, 3.8) is 0 Å². The van der Waals surface area contributed by atoms with Crippen molar-refractivity contribution in [3.05, 3.63) is 36.2 Å². The van der Waals surface area contributed by atoms with Crippen molar-refractivity contribution in [2.45, 2.75) is 25.7 Å². The molecule has 0 aromatic carbocycles. The van der Waals surface area contributed by atoms with Crippen LogP contribution in [0.4, 0.5) is 0 Å². The molecule has 1 fully saturated rings. The summed E-state index contributed by atoms with van der Waals surface area (Å²) in [7, 11) is 0. The number of oxazole rings is 2. The molecule has 0 N–H and O–H groups in total. The van der Waals surface area contributed by atoms with Gasteiger partial charge in [0.2, 0.25) is 0 Å². The third kappa shape index (κ3) is 1.67. The van der Waals surface area contributed by atoms with Gasteiger partial charge in [-0.1, -0.05) is 0 Å². The summed E-state index contributed by atoms with van der Waals surface area (Å²) in [5.41, 5.74) is 0. The Labute approximate surface area is 87.3 Å². The lowest BCUT2D eigenvalue weighted by atomic mass is 10.2. The highest BCUT2D eigenvalue weighted by Gasteiger charge is 2.42. The maximum atomic E-state index is 5.50. The van der Waals surface area contributed by atoms with Crippen LogP contribution in [0.25, 0.3) is 0 Å². The number of aromatic nitrogens is 2. The van der Waals surface area contributed by atoms with Gasteiger partial charge in [0.1, 0.15) is 11.5 Å². The molecule has 2 unspecified atom stereocenters. The van der Waals surface area contributed by atoms with Gasteiger partial charge < -0.3 is 8.83 Å². The van der Waals surface area contributed by atoms with Gasteiger partial charge in [-0.15, -0.1) is 0 Å². The fourth-order valence-corrected chi connectivity index (χ4v) is 1.92. The molecule has 2 aromatic heterocycles. The first-order valence-corrected chi connectivity index (χ1v) is 5.12. The quantitative estimate of drug-likeness (QED) is 0.769. The minimum Gasteiger partial charge on any atom is -0.449 e. The Morgan fingerprint density at radius 2 is 2.40 bits per heavy atom. The SMILES string of the molecule is Cc1cnc(C2CC2Cc2cnco2)o1. The first-order chi connectivity index (χ1) is 7.33. The summed E-state index contributed by atoms with van der Waals surface area (Å²) < 4.78 is 10.7. The van der Waals surface area contributed by atoms with E-state index in [0.717, 1.165) is 30.3 Å². The van der Waals surface area contributed by atoms with Gasteiger partial charge in [-0.3, -0.25) is 0 Å². The zero-order chi connectivity index (χ0) is 10.3. The van der Waals surface area contributed by atoms with Crippen molar-refractivity contribution >= 4 is 0 Å². The van der Waals surface area contributed by atoms with E-state index in [0.29, 0.717) is 11.8 Å². The molecule has 0 saturated heterocycles. The average molecular weight is 204 g/mol. The number of rotatable bonds is 3. The summed E-state index contributed by atoms with van der Waals surface area (Å²) in [6.45, 7) is 1.92. The maximum absolute atomic E-state index is 5.50. The molecule has 1 aliphatic carbocycles. The van der Waals surface area contributed by atoms with Crippen LogP contribution in [0.15, 0.2) is 27.6 Å². The Bertz CT molecular complexity index is 447. The molecule has 2 aromatic rings. The van der Waals surface area contributed by atoms with Crippen molar-refractivity contribution in [3.8, 4) is 0 Å². The Kier molecular flexibility index (Phi) is 1.87. The fourth-order valence-electron chi connectivity index (χ4n) is 1.92. The number of hydrogen-bond acceptors (Lipinski definition) is 4. The van der Waals surface area contributed by atoms with Crippen LogP contribution in [0.3, 0.4) is 0 Å². The normalized spacial score (nSPS) is 24.3. The van der Waals surface area contributed by atoms with Gasteiger partial charge in [-0.25, -0.2) is 9.97 Å². The van der Waals surface area contributed by atoms with Crippen LogP contribution in [0.5, 0.6) is 0 Å². The Morgan fingerprint density at radius 1 is 1.47 bits per heavy atom. The molecule has 0 aliphatic heterocycles. The molecule has 78 valence electrons. The van der Waals surface area contributed by atoms with Crippen LogP contribution in [0.1, 0.15) is 29.7 Å². The van der Waals surface area contributed by atoms with Crippen LogP contribution >= 0.6 is 0 Å². The molecule has 3 rings (SSSR count). The number of hydrogen-bond donors (Lipinski definition) is 0. The van der Waals surface area contributed by atoms with Crippen LogP contribution in [-0.2, 0) is 6.42 Å². The second-order valence-electron chi connectivity index (χ2n) is 4.08. The van der Waals surface area contributed by atoms with Crippen LogP contribution in [0.2, 0.25) is 0 Å². The highest BCUT2D eigenvalue weighted by Crippen LogP contribution is 2.48. The molecule has 4 heteroatoms. The van der Waals surface area contributed by atoms with Crippen molar-refractivity contribution in [1.82, 2.24) is 9.97 Å². The molecule has 0 spiro atoms. The lowest BCUT2D eigenvalue weighted by Gasteiger charge is -1.93. The summed E-state index contributed by atoms with van der Waals surface area (Å²) in [5.74, 6) is 3.79. The zero-order valence-electron chi connectivity index (χ0n) is 8.51. The van der Waals surface area contributed by atoms with Gasteiger partial charge in [0.25, 0.3) is 0 Å². The second kappa shape index (κ2) is 3.22. The van der Waals surface area contributed by atoms with Crippen molar-refractivity contribution in [2.75, 3.05) is 0 Å². The van der Waals surface area contributed by atoms with E-state index in [1.807, 2.05) is 6.92 Å². The van der Waals surface area contributed by atoms with E-state index in [2.05, 4.69) is 9.97 Å². The van der Waals surface area contributed by atoms with Gasteiger partial charge in [-0.05, 0) is 19.3 Å². The van der Waals surface area contributed by atoms with E-state index in [-0.39, 0.29) is 0 Å². The fraction of sp³-hybridized carbons (Fsp3) is 0.455. The summed E-state index contributed by atoms with van der Waals surface area (Å²) in [6.07, 6.45) is 7.10. The van der Waals surface area contributed by atoms with E-state index in [4.69, 9.17) is 8.83 Å². The molecule has 4 nitrogen and oxygen atoms in total. The summed E-state index contributed by atoms with van der Waals surface area (Å²) in [4.78, 5) is 8.14. The average Bonchev–Trinajstić information content (AvgIpc) is 2.65. The monoisotopic (exact) mass is 204 g/mol. The Balaban J connectivity index is 1.65. The van der Waals surface area contributed by atoms with Crippen LogP contribution < -0.4 is 0 Å². The van der Waals surface area contributed by atoms with Crippen molar-refractivity contribution in [1.29, 1.82) is 0 Å². The maximum Gasteiger partial charge on any atom is 0.197 e. The van der Waals surface area contributed by atoms with Crippen molar-refractivity contribution < 1.29 is 8.83 Å². The highest BCUT2D eigenvalue weighted by molar-refractivity contribution is 5.11. The Hall–Kier alpha value is -1.58. The summed E-state index contributed by atoms with van der Waals surface area (Å²) >= 11 is 0. The topological polar surface area (TPSA) is 52.1 Å². The zero-order valence-corrected chi connectivity index (χ0v) is 8.51. The summed E-state index contributed by atoms with van der Waals surface area (Å²) in [6, 6.07) is 0. The number of nitrogens with zero attached hydrogens (tertiary/aromatic N) is 2. The van der Waals surface area contributed by atoms with Gasteiger partial charge in [0.15, 0.2) is 12.3 Å². The first-order valence-electron chi connectivity index (χ1n) is 5.12. The highest BCUT2D eigenvalue weighted by atomic mass is 16.4. The number of aryl methyl sites for hydroxylation is 1. The van der Waals surface area contributed by atoms with E-state index in [9.17, 15) is 0 Å². The Morgan fingerprint density at radius 3 is 3.07 bits per heavy atom. The molecule has 0 amide bonds. The first kappa shape index (κ1) is 8.71. The molecule has 2 heterocycles. The molecular formula is C11H12N2O2. The largest absolute Gasteiger partial charge is 0.449 e.